The zero-order valence-electron chi connectivity index (χ0n) is 23.8. The Labute approximate surface area is 258 Å². The molecule has 4 aromatic carbocycles. The minimum Gasteiger partial charge on any atom is -0.478 e. The van der Waals surface area contributed by atoms with E-state index in [1.165, 1.54) is 0 Å². The predicted octanol–water partition coefficient (Wildman–Crippen LogP) is 5.30. The van der Waals surface area contributed by atoms with Gasteiger partial charge in [-0.2, -0.15) is 5.26 Å². The summed E-state index contributed by atoms with van der Waals surface area (Å²) in [5, 5.41) is 12.3. The molecule has 4 heterocycles. The van der Waals surface area contributed by atoms with Gasteiger partial charge in [0.15, 0.2) is 29.7 Å². The standard InChI is InChI=1S/C36H25N3O6/c37-16-18-43-27-12-6-3-9-24(27)33(41)31-30(32(40)22-13-14-28-29(19-22)45-20-44-28)36(25-10-4-5-11-26(25)38-35(36)42)34-23-8-2-1-7-21(23)15-17-39(31)34/h1-15,17,19,30-31,34H,18,20H2,(H,38,42)/t30-,31-,34+,36+/m0/s1. The van der Waals surface area contributed by atoms with Crippen LogP contribution in [-0.4, -0.2) is 41.8 Å². The Morgan fingerprint density at radius 1 is 0.956 bits per heavy atom. The molecule has 1 N–H and O–H groups in total. The number of carbonyl (C=O) groups is 3. The van der Waals surface area contributed by atoms with Gasteiger partial charge in [-0.1, -0.05) is 54.6 Å². The first-order valence-electron chi connectivity index (χ1n) is 14.6. The third kappa shape index (κ3) is 3.75. The van der Waals surface area contributed by atoms with Crippen LogP contribution >= 0.6 is 0 Å². The van der Waals surface area contributed by atoms with E-state index >= 15 is 4.79 Å². The Bertz CT molecular complexity index is 2000. The second kappa shape index (κ2) is 10.1. The summed E-state index contributed by atoms with van der Waals surface area (Å²) in [7, 11) is 0. The highest BCUT2D eigenvalue weighted by atomic mass is 16.7. The molecular weight excluding hydrogens is 570 g/mol. The van der Waals surface area contributed by atoms with E-state index in [9.17, 15) is 14.9 Å². The van der Waals surface area contributed by atoms with Gasteiger partial charge in [0.2, 0.25) is 12.7 Å². The fourth-order valence-electron chi connectivity index (χ4n) is 7.46. The monoisotopic (exact) mass is 595 g/mol. The van der Waals surface area contributed by atoms with E-state index in [0.717, 1.165) is 11.1 Å². The smallest absolute Gasteiger partial charge is 0.238 e. The number of nitriles is 1. The fraction of sp³-hybridized carbons (Fsp3) is 0.167. The van der Waals surface area contributed by atoms with Crippen LogP contribution in [0.2, 0.25) is 0 Å². The first kappa shape index (κ1) is 26.7. The fourth-order valence-corrected chi connectivity index (χ4v) is 7.46. The highest BCUT2D eigenvalue weighted by molar-refractivity contribution is 6.17. The van der Waals surface area contributed by atoms with Crippen molar-refractivity contribution in [2.45, 2.75) is 17.5 Å². The van der Waals surface area contributed by atoms with Crippen molar-refractivity contribution in [2.75, 3.05) is 18.7 Å². The average molecular weight is 596 g/mol. The quantitative estimate of drug-likeness (QED) is 0.299. The first-order valence-corrected chi connectivity index (χ1v) is 14.6. The third-order valence-corrected chi connectivity index (χ3v) is 9.22. The van der Waals surface area contributed by atoms with Crippen molar-refractivity contribution in [3.05, 3.63) is 125 Å². The highest BCUT2D eigenvalue weighted by Crippen LogP contribution is 2.62. The lowest BCUT2D eigenvalue weighted by Gasteiger charge is -2.38. The Morgan fingerprint density at radius 3 is 2.62 bits per heavy atom. The molecule has 0 bridgehead atoms. The topological polar surface area (TPSA) is 118 Å². The summed E-state index contributed by atoms with van der Waals surface area (Å²) in [5.41, 5.74) is 2.02. The van der Waals surface area contributed by atoms with E-state index in [-0.39, 0.29) is 36.4 Å². The van der Waals surface area contributed by atoms with Crippen molar-refractivity contribution >= 4 is 29.2 Å². The molecule has 1 amide bonds. The molecule has 9 heteroatoms. The second-order valence-electron chi connectivity index (χ2n) is 11.3. The van der Waals surface area contributed by atoms with Gasteiger partial charge in [0, 0.05) is 17.5 Å². The van der Waals surface area contributed by atoms with Crippen LogP contribution in [0.5, 0.6) is 17.2 Å². The number of para-hydroxylation sites is 2. The zero-order valence-corrected chi connectivity index (χ0v) is 23.8. The van der Waals surface area contributed by atoms with Crippen LogP contribution in [0.1, 0.15) is 43.4 Å². The molecule has 4 aliphatic rings. The van der Waals surface area contributed by atoms with E-state index in [1.54, 1.807) is 42.5 Å². The minimum absolute atomic E-state index is 0.0359. The Kier molecular flexibility index (Phi) is 6.00. The number of anilines is 1. The average Bonchev–Trinajstić information content (AvgIpc) is 3.76. The molecule has 0 saturated carbocycles. The number of hydrogen-bond donors (Lipinski definition) is 1. The number of benzene rings is 4. The van der Waals surface area contributed by atoms with Crippen molar-refractivity contribution in [3.8, 4) is 23.3 Å². The molecule has 220 valence electrons. The Morgan fingerprint density at radius 2 is 1.73 bits per heavy atom. The number of nitrogens with zero attached hydrogens (tertiary/aromatic N) is 2. The Balaban J connectivity index is 1.40. The normalized spacial score (nSPS) is 23.1. The number of nitrogens with one attached hydrogen (secondary N) is 1. The highest BCUT2D eigenvalue weighted by Gasteiger charge is 2.70. The van der Waals surface area contributed by atoms with Gasteiger partial charge in [-0.3, -0.25) is 14.4 Å². The van der Waals surface area contributed by atoms with Crippen LogP contribution in [0.4, 0.5) is 5.69 Å². The van der Waals surface area contributed by atoms with Gasteiger partial charge >= 0.3 is 0 Å². The summed E-state index contributed by atoms with van der Waals surface area (Å²) in [6.07, 6.45) is 3.72. The maximum absolute atomic E-state index is 15.1. The molecule has 8 rings (SSSR count). The van der Waals surface area contributed by atoms with E-state index in [2.05, 4.69) is 5.32 Å². The van der Waals surface area contributed by atoms with Crippen LogP contribution in [0.25, 0.3) is 6.08 Å². The number of Topliss-reactive ketones (excluding diaryl/α,β-unsaturated/α-hetero) is 2. The van der Waals surface area contributed by atoms with Crippen LogP contribution in [0, 0.1) is 17.2 Å². The van der Waals surface area contributed by atoms with E-state index in [4.69, 9.17) is 14.2 Å². The number of carbonyl (C=O) groups excluding carboxylic acids is 3. The van der Waals surface area contributed by atoms with Crippen molar-refractivity contribution in [2.24, 2.45) is 5.92 Å². The van der Waals surface area contributed by atoms with Crippen molar-refractivity contribution in [1.29, 1.82) is 5.26 Å². The van der Waals surface area contributed by atoms with Gasteiger partial charge < -0.3 is 24.4 Å². The molecule has 0 radical (unpaired) electrons. The van der Waals surface area contributed by atoms with Crippen LogP contribution in [0.15, 0.2) is 97.2 Å². The summed E-state index contributed by atoms with van der Waals surface area (Å²) in [4.78, 5) is 46.5. The predicted molar refractivity (Wildman–Crippen MR) is 163 cm³/mol. The molecule has 0 aromatic heterocycles. The summed E-state index contributed by atoms with van der Waals surface area (Å²) in [6, 6.07) is 26.9. The maximum Gasteiger partial charge on any atom is 0.238 e. The number of ether oxygens (including phenoxy) is 3. The number of hydrogen-bond acceptors (Lipinski definition) is 8. The lowest BCUT2D eigenvalue weighted by atomic mass is 9.62. The zero-order chi connectivity index (χ0) is 30.7. The molecule has 0 unspecified atom stereocenters. The second-order valence-corrected chi connectivity index (χ2v) is 11.3. The molecular formula is C36H25N3O6. The first-order chi connectivity index (χ1) is 22.0. The summed E-state index contributed by atoms with van der Waals surface area (Å²) >= 11 is 0. The van der Waals surface area contributed by atoms with Crippen LogP contribution in [0.3, 0.4) is 0 Å². The SMILES string of the molecule is N#CCOc1ccccc1C(=O)[C@@H]1[C@@H](C(=O)c2ccc3c(c2)OCO3)[C@@]2(C(=O)Nc3ccccc32)[C@H]2c3ccccc3C=CN12. The maximum atomic E-state index is 15.1. The summed E-state index contributed by atoms with van der Waals surface area (Å²) in [6.45, 7) is -0.220. The van der Waals surface area contributed by atoms with E-state index in [0.29, 0.717) is 28.3 Å². The van der Waals surface area contributed by atoms with Gasteiger partial charge in [-0.15, -0.1) is 0 Å². The molecule has 4 atom stereocenters. The van der Waals surface area contributed by atoms with Crippen molar-refractivity contribution in [1.82, 2.24) is 4.90 Å². The van der Waals surface area contributed by atoms with Crippen molar-refractivity contribution in [3.63, 3.8) is 0 Å². The molecule has 1 fully saturated rings. The van der Waals surface area contributed by atoms with Gasteiger partial charge in [0.05, 0.1) is 17.5 Å². The molecule has 45 heavy (non-hydrogen) atoms. The minimum atomic E-state index is -1.48. The van der Waals surface area contributed by atoms with Crippen molar-refractivity contribution < 1.29 is 28.6 Å². The number of ketones is 2. The molecule has 4 aliphatic heterocycles. The Hall–Kier alpha value is -5.88. The summed E-state index contributed by atoms with van der Waals surface area (Å²) in [5.74, 6) is -1.13. The number of fused-ring (bicyclic) bond motifs is 7. The molecule has 1 spiro atoms. The number of amides is 1. The van der Waals surface area contributed by atoms with Gasteiger partial charge in [-0.05, 0) is 59.2 Å². The summed E-state index contributed by atoms with van der Waals surface area (Å²) < 4.78 is 16.8. The molecule has 1 saturated heterocycles. The van der Waals surface area contributed by atoms with E-state index < -0.39 is 29.2 Å². The lowest BCUT2D eigenvalue weighted by Crippen LogP contribution is -2.49. The van der Waals surface area contributed by atoms with Gasteiger partial charge in [-0.25, -0.2) is 0 Å². The molecule has 0 aliphatic carbocycles. The molecule has 9 nitrogen and oxygen atoms in total. The van der Waals surface area contributed by atoms with Gasteiger partial charge in [0.25, 0.3) is 0 Å². The van der Waals surface area contributed by atoms with Gasteiger partial charge in [0.1, 0.15) is 23.3 Å². The third-order valence-electron chi connectivity index (χ3n) is 9.22. The molecule has 4 aromatic rings. The number of rotatable bonds is 6. The largest absolute Gasteiger partial charge is 0.478 e. The van der Waals surface area contributed by atoms with E-state index in [1.807, 2.05) is 71.8 Å². The van der Waals surface area contributed by atoms with Crippen LogP contribution in [-0.2, 0) is 10.2 Å². The van der Waals surface area contributed by atoms with Crippen LogP contribution < -0.4 is 19.5 Å². The lowest BCUT2D eigenvalue weighted by molar-refractivity contribution is -0.122.